The molecule has 22 heavy (non-hydrogen) atoms. The molecule has 3 aromatic rings. The Morgan fingerprint density at radius 3 is 2.82 bits per heavy atom. The van der Waals surface area contributed by atoms with E-state index in [9.17, 15) is 9.59 Å². The second-order valence-electron chi connectivity index (χ2n) is 4.48. The predicted octanol–water partition coefficient (Wildman–Crippen LogP) is 3.13. The lowest BCUT2D eigenvalue weighted by Gasteiger charge is -2.01. The van der Waals surface area contributed by atoms with Crippen LogP contribution in [0.4, 0.5) is 0 Å². The van der Waals surface area contributed by atoms with Gasteiger partial charge in [-0.05, 0) is 42.0 Å². The normalized spacial score (nSPS) is 10.6. The van der Waals surface area contributed by atoms with Crippen molar-refractivity contribution in [2.75, 3.05) is 0 Å². The molecule has 0 aromatic carbocycles. The number of hydrogen-bond donors (Lipinski definition) is 1. The van der Waals surface area contributed by atoms with Gasteiger partial charge >= 0.3 is 0 Å². The largest absolute Gasteiger partial charge is 0.346 e. The highest BCUT2D eigenvalue weighted by atomic mass is 32.1. The highest BCUT2D eigenvalue weighted by Crippen LogP contribution is 2.21. The van der Waals surface area contributed by atoms with E-state index in [2.05, 4.69) is 14.9 Å². The molecule has 1 N–H and O–H groups in total. The Kier molecular flexibility index (Phi) is 4.41. The van der Waals surface area contributed by atoms with Crippen molar-refractivity contribution in [3.63, 3.8) is 0 Å². The summed E-state index contributed by atoms with van der Waals surface area (Å²) in [6.45, 7) is 2.14. The van der Waals surface area contributed by atoms with Crippen LogP contribution in [0, 0.1) is 6.92 Å². The molecule has 0 atom stereocenters. The van der Waals surface area contributed by atoms with E-state index >= 15 is 0 Å². The summed E-state index contributed by atoms with van der Waals surface area (Å²) in [5.41, 5.74) is 1.33. The summed E-state index contributed by atoms with van der Waals surface area (Å²) < 4.78 is 3.74. The lowest BCUT2D eigenvalue weighted by Crippen LogP contribution is -2.22. The van der Waals surface area contributed by atoms with E-state index < -0.39 is 0 Å². The van der Waals surface area contributed by atoms with Gasteiger partial charge < -0.3 is 5.32 Å². The Labute approximate surface area is 138 Å². The first kappa shape index (κ1) is 15.0. The molecule has 0 unspecified atom stereocenters. The van der Waals surface area contributed by atoms with Gasteiger partial charge in [-0.3, -0.25) is 9.59 Å². The highest BCUT2D eigenvalue weighted by molar-refractivity contribution is 7.14. The van der Waals surface area contributed by atoms with Crippen molar-refractivity contribution in [2.24, 2.45) is 0 Å². The first-order valence-corrected chi connectivity index (χ1v) is 8.91. The zero-order valence-corrected chi connectivity index (χ0v) is 14.0. The number of aromatic nitrogens is 2. The molecule has 112 valence electrons. The smallest absolute Gasteiger partial charge is 0.265 e. The molecule has 0 fully saturated rings. The van der Waals surface area contributed by atoms with Crippen LogP contribution in [0.5, 0.6) is 0 Å². The summed E-state index contributed by atoms with van der Waals surface area (Å²) in [7, 11) is 0. The molecule has 5 nitrogen and oxygen atoms in total. The van der Waals surface area contributed by atoms with Crippen LogP contribution in [0.25, 0.3) is 0 Å². The van der Waals surface area contributed by atoms with Gasteiger partial charge in [0.2, 0.25) is 5.78 Å². The van der Waals surface area contributed by atoms with Gasteiger partial charge in [0.05, 0.1) is 17.1 Å². The summed E-state index contributed by atoms with van der Waals surface area (Å²) in [6.07, 6.45) is 0. The van der Waals surface area contributed by atoms with Crippen LogP contribution in [-0.4, -0.2) is 21.3 Å². The standard InChI is InChI=1S/C14H11N3O2S3/c1-8-13(22-17-16-8)14(19)15-6-10-2-3-11(21-10)12(18)9-4-5-20-7-9/h2-5,7H,6H2,1H3,(H,15,19). The van der Waals surface area contributed by atoms with E-state index in [0.717, 1.165) is 16.4 Å². The van der Waals surface area contributed by atoms with Gasteiger partial charge in [0.15, 0.2) is 0 Å². The van der Waals surface area contributed by atoms with Crippen molar-refractivity contribution in [1.82, 2.24) is 14.9 Å². The lowest BCUT2D eigenvalue weighted by molar-refractivity contribution is 0.0954. The second-order valence-corrected chi connectivity index (χ2v) is 7.18. The van der Waals surface area contributed by atoms with Crippen LogP contribution in [0.15, 0.2) is 29.0 Å². The zero-order valence-electron chi connectivity index (χ0n) is 11.5. The monoisotopic (exact) mass is 349 g/mol. The highest BCUT2D eigenvalue weighted by Gasteiger charge is 2.15. The van der Waals surface area contributed by atoms with Crippen LogP contribution in [-0.2, 0) is 6.54 Å². The second kappa shape index (κ2) is 6.47. The van der Waals surface area contributed by atoms with Gasteiger partial charge in [-0.15, -0.1) is 16.4 Å². The van der Waals surface area contributed by atoms with Gasteiger partial charge in [-0.2, -0.15) is 11.3 Å². The molecule has 3 rings (SSSR count). The van der Waals surface area contributed by atoms with Crippen LogP contribution in [0.1, 0.15) is 35.5 Å². The van der Waals surface area contributed by atoms with E-state index in [0.29, 0.717) is 27.6 Å². The number of nitrogens with zero attached hydrogens (tertiary/aromatic N) is 2. The van der Waals surface area contributed by atoms with Gasteiger partial charge in [-0.25, -0.2) is 0 Å². The third-order valence-corrected chi connectivity index (χ3v) is 5.54. The minimum absolute atomic E-state index is 0.0197. The summed E-state index contributed by atoms with van der Waals surface area (Å²) >= 11 is 3.97. The quantitative estimate of drug-likeness (QED) is 0.718. The van der Waals surface area contributed by atoms with Crippen LogP contribution in [0.3, 0.4) is 0 Å². The van der Waals surface area contributed by atoms with Gasteiger partial charge in [0.1, 0.15) is 4.88 Å². The summed E-state index contributed by atoms with van der Waals surface area (Å²) in [6, 6.07) is 5.47. The van der Waals surface area contributed by atoms with E-state index in [1.165, 1.54) is 22.7 Å². The molecular formula is C14H11N3O2S3. The maximum Gasteiger partial charge on any atom is 0.265 e. The zero-order chi connectivity index (χ0) is 15.5. The summed E-state index contributed by atoms with van der Waals surface area (Å²) in [4.78, 5) is 26.3. The minimum atomic E-state index is -0.188. The summed E-state index contributed by atoms with van der Waals surface area (Å²) in [5.74, 6) is -0.169. The van der Waals surface area contributed by atoms with Gasteiger partial charge in [-0.1, -0.05) is 4.49 Å². The topological polar surface area (TPSA) is 72.0 Å². The Morgan fingerprint density at radius 2 is 2.14 bits per heavy atom. The number of hydrogen-bond acceptors (Lipinski definition) is 7. The number of carbonyl (C=O) groups excluding carboxylic acids is 2. The molecule has 0 aliphatic carbocycles. The van der Waals surface area contributed by atoms with E-state index in [-0.39, 0.29) is 11.7 Å². The number of amides is 1. The van der Waals surface area contributed by atoms with E-state index in [4.69, 9.17) is 0 Å². The van der Waals surface area contributed by atoms with E-state index in [1.54, 1.807) is 13.0 Å². The average molecular weight is 349 g/mol. The molecule has 1 amide bonds. The Balaban J connectivity index is 1.64. The lowest BCUT2D eigenvalue weighted by atomic mass is 10.2. The molecule has 0 saturated heterocycles. The molecule has 0 radical (unpaired) electrons. The maximum atomic E-state index is 12.2. The Bertz CT molecular complexity index is 805. The fourth-order valence-corrected chi connectivity index (χ4v) is 3.94. The fraction of sp³-hybridized carbons (Fsp3) is 0.143. The van der Waals surface area contributed by atoms with Crippen LogP contribution in [0.2, 0.25) is 0 Å². The molecule has 3 heterocycles. The van der Waals surface area contributed by atoms with Crippen molar-refractivity contribution in [3.8, 4) is 0 Å². The number of thiophene rings is 2. The Hall–Kier alpha value is -1.90. The molecule has 3 aromatic heterocycles. The first-order chi connectivity index (χ1) is 10.6. The third-order valence-electron chi connectivity index (χ3n) is 2.95. The molecule has 0 aliphatic rings. The molecule has 0 saturated carbocycles. The van der Waals surface area contributed by atoms with Gasteiger partial charge in [0.25, 0.3) is 5.91 Å². The summed E-state index contributed by atoms with van der Waals surface area (Å²) in [5, 5.41) is 10.4. The molecule has 0 spiro atoms. The fourth-order valence-electron chi connectivity index (χ4n) is 1.82. The Morgan fingerprint density at radius 1 is 1.27 bits per heavy atom. The van der Waals surface area contributed by atoms with Crippen molar-refractivity contribution in [2.45, 2.75) is 13.5 Å². The number of aryl methyl sites for hydroxylation is 1. The molecular weight excluding hydrogens is 338 g/mol. The van der Waals surface area contributed by atoms with Gasteiger partial charge in [0, 0.05) is 15.8 Å². The molecule has 8 heteroatoms. The predicted molar refractivity (Wildman–Crippen MR) is 87.9 cm³/mol. The SMILES string of the molecule is Cc1nnsc1C(=O)NCc1ccc(C(=O)c2ccsc2)s1. The maximum absolute atomic E-state index is 12.2. The van der Waals surface area contributed by atoms with Crippen molar-refractivity contribution in [1.29, 1.82) is 0 Å². The van der Waals surface area contributed by atoms with Crippen LogP contribution < -0.4 is 5.32 Å². The first-order valence-electron chi connectivity index (χ1n) is 6.38. The van der Waals surface area contributed by atoms with Crippen molar-refractivity contribution < 1.29 is 9.59 Å². The number of carbonyl (C=O) groups is 2. The molecule has 0 aliphatic heterocycles. The average Bonchev–Trinajstić information content (AvgIpc) is 3.25. The van der Waals surface area contributed by atoms with Crippen LogP contribution >= 0.6 is 34.2 Å². The van der Waals surface area contributed by atoms with Crippen molar-refractivity contribution in [3.05, 3.63) is 54.8 Å². The third kappa shape index (κ3) is 3.13. The number of rotatable bonds is 5. The number of ketones is 1. The minimum Gasteiger partial charge on any atom is -0.346 e. The van der Waals surface area contributed by atoms with Crippen molar-refractivity contribution >= 4 is 45.9 Å². The number of nitrogens with one attached hydrogen (secondary N) is 1. The van der Waals surface area contributed by atoms with E-state index in [1.807, 2.05) is 22.9 Å². The molecule has 0 bridgehead atoms.